The zero-order valence-electron chi connectivity index (χ0n) is 12.8. The Hall–Kier alpha value is -1.78. The maximum atomic E-state index is 14.3. The molecule has 0 radical (unpaired) electrons. The van der Waals surface area contributed by atoms with Gasteiger partial charge in [-0.25, -0.2) is 4.39 Å². The summed E-state index contributed by atoms with van der Waals surface area (Å²) >= 11 is 0. The third kappa shape index (κ3) is 2.71. The van der Waals surface area contributed by atoms with E-state index in [0.717, 1.165) is 0 Å². The molecule has 4 nitrogen and oxygen atoms in total. The lowest BCUT2D eigenvalue weighted by atomic mass is 9.77. The van der Waals surface area contributed by atoms with Crippen molar-refractivity contribution in [1.82, 2.24) is 0 Å². The highest BCUT2D eigenvalue weighted by atomic mass is 19.1. The lowest BCUT2D eigenvalue weighted by molar-refractivity contribution is -0.138. The molecule has 0 bridgehead atoms. The van der Waals surface area contributed by atoms with Crippen molar-refractivity contribution in [2.75, 3.05) is 14.2 Å². The first-order valence-electron chi connectivity index (χ1n) is 6.30. The molecular formula is C15H21FO4. The van der Waals surface area contributed by atoms with Gasteiger partial charge in [-0.1, -0.05) is 13.8 Å². The van der Waals surface area contributed by atoms with Gasteiger partial charge < -0.3 is 14.6 Å². The van der Waals surface area contributed by atoms with Gasteiger partial charge in [0.2, 0.25) is 0 Å². The molecular weight excluding hydrogens is 263 g/mol. The van der Waals surface area contributed by atoms with E-state index in [9.17, 15) is 9.18 Å². The summed E-state index contributed by atoms with van der Waals surface area (Å²) < 4.78 is 24.9. The van der Waals surface area contributed by atoms with Gasteiger partial charge in [0.25, 0.3) is 0 Å². The molecule has 0 aliphatic heterocycles. The lowest BCUT2D eigenvalue weighted by Crippen LogP contribution is -2.25. The number of hydrogen-bond acceptors (Lipinski definition) is 3. The number of aliphatic carboxylic acids is 1. The molecule has 0 saturated heterocycles. The number of carboxylic acid groups (broad SMARTS) is 1. The molecule has 1 rings (SSSR count). The Labute approximate surface area is 118 Å². The van der Waals surface area contributed by atoms with E-state index in [2.05, 4.69) is 0 Å². The molecule has 20 heavy (non-hydrogen) atoms. The highest BCUT2D eigenvalue weighted by Crippen LogP contribution is 2.45. The van der Waals surface area contributed by atoms with Crippen LogP contribution in [-0.2, 0) is 10.2 Å². The van der Waals surface area contributed by atoms with E-state index in [1.807, 2.05) is 0 Å². The van der Waals surface area contributed by atoms with E-state index in [4.69, 9.17) is 14.6 Å². The van der Waals surface area contributed by atoms with Crippen molar-refractivity contribution in [2.45, 2.75) is 39.5 Å². The van der Waals surface area contributed by atoms with Gasteiger partial charge in [-0.3, -0.25) is 4.79 Å². The second-order valence-electron chi connectivity index (χ2n) is 5.46. The Morgan fingerprint density at radius 2 is 1.65 bits per heavy atom. The Kier molecular flexibility index (Phi) is 4.63. The quantitative estimate of drug-likeness (QED) is 0.902. The van der Waals surface area contributed by atoms with E-state index in [1.165, 1.54) is 14.2 Å². The molecule has 0 heterocycles. The normalized spacial score (nSPS) is 11.3. The van der Waals surface area contributed by atoms with Crippen LogP contribution in [0.2, 0.25) is 0 Å². The van der Waals surface area contributed by atoms with E-state index < -0.39 is 17.2 Å². The minimum absolute atomic E-state index is 0.129. The van der Waals surface area contributed by atoms with Crippen LogP contribution in [0.3, 0.4) is 0 Å². The molecule has 0 unspecified atom stereocenters. The maximum Gasteiger partial charge on any atom is 0.304 e. The van der Waals surface area contributed by atoms with Crippen molar-refractivity contribution < 1.29 is 23.8 Å². The van der Waals surface area contributed by atoms with E-state index in [1.54, 1.807) is 27.7 Å². The van der Waals surface area contributed by atoms with Gasteiger partial charge in [0.05, 0.1) is 20.6 Å². The summed E-state index contributed by atoms with van der Waals surface area (Å²) in [5.41, 5.74) is 0.508. The summed E-state index contributed by atoms with van der Waals surface area (Å²) in [4.78, 5) is 11.0. The molecule has 0 spiro atoms. The highest BCUT2D eigenvalue weighted by Gasteiger charge is 2.33. The average molecular weight is 284 g/mol. The number of carboxylic acids is 1. The van der Waals surface area contributed by atoms with E-state index in [0.29, 0.717) is 28.2 Å². The molecule has 0 aromatic heterocycles. The summed E-state index contributed by atoms with van der Waals surface area (Å²) in [5, 5.41) is 9.05. The summed E-state index contributed by atoms with van der Waals surface area (Å²) in [6.07, 6.45) is -0.129. The number of methoxy groups -OCH3 is 2. The zero-order chi connectivity index (χ0) is 15.7. The fourth-order valence-corrected chi connectivity index (χ4v) is 2.67. The summed E-state index contributed by atoms with van der Waals surface area (Å²) in [6.45, 7) is 6.74. The van der Waals surface area contributed by atoms with Crippen LogP contribution in [0.4, 0.5) is 4.39 Å². The summed E-state index contributed by atoms with van der Waals surface area (Å²) in [5.74, 6) is -0.633. The van der Waals surface area contributed by atoms with Gasteiger partial charge in [-0.2, -0.15) is 0 Å². The van der Waals surface area contributed by atoms with Crippen molar-refractivity contribution in [3.05, 3.63) is 22.5 Å². The largest absolute Gasteiger partial charge is 0.493 e. The summed E-state index contributed by atoms with van der Waals surface area (Å²) in [6, 6.07) is 0. The van der Waals surface area contributed by atoms with Crippen molar-refractivity contribution in [2.24, 2.45) is 0 Å². The van der Waals surface area contributed by atoms with Gasteiger partial charge in [0, 0.05) is 16.5 Å². The molecule has 0 saturated carbocycles. The monoisotopic (exact) mass is 284 g/mol. The zero-order valence-corrected chi connectivity index (χ0v) is 12.8. The van der Waals surface area contributed by atoms with Crippen molar-refractivity contribution in [1.29, 1.82) is 0 Å². The molecule has 0 aliphatic rings. The van der Waals surface area contributed by atoms with E-state index in [-0.39, 0.29) is 6.42 Å². The average Bonchev–Trinajstić information content (AvgIpc) is 2.33. The SMILES string of the molecule is COc1c(C)c(F)c(C)c(C(C)(C)CC(=O)O)c1OC. The van der Waals surface area contributed by atoms with Crippen molar-refractivity contribution >= 4 is 5.97 Å². The van der Waals surface area contributed by atoms with Crippen LogP contribution < -0.4 is 9.47 Å². The van der Waals surface area contributed by atoms with Gasteiger partial charge in [0.15, 0.2) is 11.5 Å². The van der Waals surface area contributed by atoms with Gasteiger partial charge in [0.1, 0.15) is 5.82 Å². The maximum absolute atomic E-state index is 14.3. The topological polar surface area (TPSA) is 55.8 Å². The van der Waals surface area contributed by atoms with Crippen LogP contribution in [0, 0.1) is 19.7 Å². The molecule has 1 aromatic carbocycles. The second-order valence-corrected chi connectivity index (χ2v) is 5.46. The lowest BCUT2D eigenvalue weighted by Gasteiger charge is -2.29. The van der Waals surface area contributed by atoms with Gasteiger partial charge in [-0.15, -0.1) is 0 Å². The highest BCUT2D eigenvalue weighted by molar-refractivity contribution is 5.70. The molecule has 1 aromatic rings. The van der Waals surface area contributed by atoms with Gasteiger partial charge in [-0.05, 0) is 19.4 Å². The number of hydrogen-bond donors (Lipinski definition) is 1. The van der Waals surface area contributed by atoms with Crippen molar-refractivity contribution in [3.8, 4) is 11.5 Å². The van der Waals surface area contributed by atoms with Crippen LogP contribution >= 0.6 is 0 Å². The van der Waals surface area contributed by atoms with E-state index >= 15 is 0 Å². The fraction of sp³-hybridized carbons (Fsp3) is 0.533. The van der Waals surface area contributed by atoms with Crippen molar-refractivity contribution in [3.63, 3.8) is 0 Å². The van der Waals surface area contributed by atoms with Gasteiger partial charge >= 0.3 is 5.97 Å². The number of benzene rings is 1. The number of rotatable bonds is 5. The number of halogens is 1. The third-order valence-corrected chi connectivity index (χ3v) is 3.49. The fourth-order valence-electron chi connectivity index (χ4n) is 2.67. The van der Waals surface area contributed by atoms with Crippen LogP contribution in [0.1, 0.15) is 37.0 Å². The molecule has 0 amide bonds. The van der Waals surface area contributed by atoms with Crippen LogP contribution in [-0.4, -0.2) is 25.3 Å². The molecule has 0 fully saturated rings. The predicted octanol–water partition coefficient (Wildman–Crippen LogP) is 3.21. The smallest absolute Gasteiger partial charge is 0.304 e. The van der Waals surface area contributed by atoms with Crippen LogP contribution in [0.25, 0.3) is 0 Å². The minimum Gasteiger partial charge on any atom is -0.493 e. The third-order valence-electron chi connectivity index (χ3n) is 3.49. The molecule has 0 atom stereocenters. The second kappa shape index (κ2) is 5.69. The Morgan fingerprint density at radius 1 is 1.15 bits per heavy atom. The molecule has 5 heteroatoms. The van der Waals surface area contributed by atoms with Crippen LogP contribution in [0.15, 0.2) is 0 Å². The first-order chi connectivity index (χ1) is 9.17. The standard InChI is InChI=1S/C15H21FO4/c1-8-11(15(3,4)7-10(17)18)14(20-6)13(19-5)9(2)12(8)16/h7H2,1-6H3,(H,17,18). The first kappa shape index (κ1) is 16.3. The predicted molar refractivity (Wildman–Crippen MR) is 74.3 cm³/mol. The van der Waals surface area contributed by atoms with Crippen LogP contribution in [0.5, 0.6) is 11.5 Å². The number of ether oxygens (including phenoxy) is 2. The molecule has 1 N–H and O–H groups in total. The molecule has 112 valence electrons. The summed E-state index contributed by atoms with van der Waals surface area (Å²) in [7, 11) is 2.91. The first-order valence-corrected chi connectivity index (χ1v) is 6.30. The Bertz CT molecular complexity index is 535. The molecule has 0 aliphatic carbocycles. The Morgan fingerprint density at radius 3 is 2.05 bits per heavy atom. The minimum atomic E-state index is -0.948. The number of carbonyl (C=O) groups is 1. The Balaban J connectivity index is 3.68.